The van der Waals surface area contributed by atoms with E-state index in [1.807, 2.05) is 0 Å². The second-order valence-corrected chi connectivity index (χ2v) is 6.80. The normalized spacial score (nSPS) is 11.4. The molecule has 0 aromatic heterocycles. The molecule has 0 radical (unpaired) electrons. The highest BCUT2D eigenvalue weighted by atomic mass is 32.2. The highest BCUT2D eigenvalue weighted by Crippen LogP contribution is 2.30. The third kappa shape index (κ3) is 2.71. The number of hydrogen-bond acceptors (Lipinski definition) is 3. The van der Waals surface area contributed by atoms with Gasteiger partial charge in [0.2, 0.25) is 0 Å². The second-order valence-electron chi connectivity index (χ2n) is 4.89. The van der Waals surface area contributed by atoms with Crippen LogP contribution in [0.5, 0.6) is 0 Å². The van der Waals surface area contributed by atoms with E-state index in [9.17, 15) is 12.8 Å². The number of benzene rings is 2. The first-order chi connectivity index (χ1) is 9.75. The Hall–Kier alpha value is -2.08. The molecule has 0 aliphatic heterocycles. The summed E-state index contributed by atoms with van der Waals surface area (Å²) in [6, 6.07) is 8.89. The average molecular weight is 308 g/mol. The van der Waals surface area contributed by atoms with E-state index in [1.54, 1.807) is 26.0 Å². The van der Waals surface area contributed by atoms with Crippen molar-refractivity contribution in [2.24, 2.45) is 0 Å². The van der Waals surface area contributed by atoms with Crippen molar-refractivity contribution in [1.82, 2.24) is 0 Å². The molecule has 0 bridgehead atoms. The molecule has 112 valence electrons. The maximum absolute atomic E-state index is 13.3. The Labute approximate surface area is 124 Å². The Morgan fingerprint density at radius 1 is 1.10 bits per heavy atom. The number of aryl methyl sites for hydroxylation is 2. The lowest BCUT2D eigenvalue weighted by atomic mass is 10.1. The number of nitrogen functional groups attached to an aromatic ring is 1. The Balaban J connectivity index is 2.60. The Kier molecular flexibility index (Phi) is 3.91. The number of nitrogens with zero attached hydrogens (tertiary/aromatic N) is 1. The molecule has 0 aliphatic rings. The zero-order valence-electron chi connectivity index (χ0n) is 12.1. The predicted octanol–water partition coefficient (Wildman–Crippen LogP) is 2.85. The minimum Gasteiger partial charge on any atom is -0.397 e. The number of halogens is 1. The van der Waals surface area contributed by atoms with Crippen LogP contribution in [-0.4, -0.2) is 15.5 Å². The van der Waals surface area contributed by atoms with Crippen LogP contribution in [0.2, 0.25) is 0 Å². The van der Waals surface area contributed by atoms with Crippen LogP contribution < -0.4 is 10.0 Å². The lowest BCUT2D eigenvalue weighted by Crippen LogP contribution is -2.28. The van der Waals surface area contributed by atoms with Crippen LogP contribution in [0.25, 0.3) is 0 Å². The molecule has 0 fully saturated rings. The third-order valence-corrected chi connectivity index (χ3v) is 5.39. The molecule has 21 heavy (non-hydrogen) atoms. The van der Waals surface area contributed by atoms with E-state index in [2.05, 4.69) is 0 Å². The minimum atomic E-state index is -3.85. The first-order valence-corrected chi connectivity index (χ1v) is 7.79. The van der Waals surface area contributed by atoms with Crippen molar-refractivity contribution < 1.29 is 12.8 Å². The second kappa shape index (κ2) is 5.37. The number of sulfonamides is 1. The topological polar surface area (TPSA) is 63.4 Å². The molecule has 0 saturated heterocycles. The van der Waals surface area contributed by atoms with Crippen LogP contribution in [0.3, 0.4) is 0 Å². The molecule has 0 saturated carbocycles. The summed E-state index contributed by atoms with van der Waals surface area (Å²) in [6.07, 6.45) is 0. The zero-order chi connectivity index (χ0) is 15.8. The van der Waals surface area contributed by atoms with Gasteiger partial charge in [0.1, 0.15) is 10.7 Å². The maximum Gasteiger partial charge on any atom is 0.266 e. The molecular weight excluding hydrogens is 291 g/mol. The van der Waals surface area contributed by atoms with Crippen LogP contribution >= 0.6 is 0 Å². The SMILES string of the molecule is Cc1ccc(C)c(S(=O)(=O)N(C)c2cccc(F)c2)c1N. The molecule has 2 aromatic carbocycles. The van der Waals surface area contributed by atoms with Gasteiger partial charge in [0.05, 0.1) is 11.4 Å². The maximum atomic E-state index is 13.3. The minimum absolute atomic E-state index is 0.0641. The van der Waals surface area contributed by atoms with Gasteiger partial charge >= 0.3 is 0 Å². The molecule has 0 atom stereocenters. The van der Waals surface area contributed by atoms with Crippen LogP contribution in [0.4, 0.5) is 15.8 Å². The van der Waals surface area contributed by atoms with E-state index in [0.29, 0.717) is 11.1 Å². The van der Waals surface area contributed by atoms with Gasteiger partial charge in [0.15, 0.2) is 0 Å². The molecule has 2 rings (SSSR count). The highest BCUT2D eigenvalue weighted by Gasteiger charge is 2.26. The number of hydrogen-bond donors (Lipinski definition) is 1. The molecule has 0 spiro atoms. The molecule has 4 nitrogen and oxygen atoms in total. The Morgan fingerprint density at radius 2 is 1.71 bits per heavy atom. The van der Waals surface area contributed by atoms with Gasteiger partial charge in [-0.3, -0.25) is 4.31 Å². The molecule has 6 heteroatoms. The largest absolute Gasteiger partial charge is 0.397 e. The van der Waals surface area contributed by atoms with Gasteiger partial charge in [-0.15, -0.1) is 0 Å². The number of nitrogens with two attached hydrogens (primary N) is 1. The lowest BCUT2D eigenvalue weighted by Gasteiger charge is -2.22. The number of anilines is 2. The summed E-state index contributed by atoms with van der Waals surface area (Å²) in [5.74, 6) is -0.497. The first-order valence-electron chi connectivity index (χ1n) is 6.35. The van der Waals surface area contributed by atoms with Crippen molar-refractivity contribution in [1.29, 1.82) is 0 Å². The quantitative estimate of drug-likeness (QED) is 0.887. The van der Waals surface area contributed by atoms with Gasteiger partial charge in [-0.1, -0.05) is 18.2 Å². The molecule has 0 aliphatic carbocycles. The summed E-state index contributed by atoms with van der Waals surface area (Å²) in [4.78, 5) is 0.0641. The molecule has 2 N–H and O–H groups in total. The van der Waals surface area contributed by atoms with E-state index < -0.39 is 15.8 Å². The monoisotopic (exact) mass is 308 g/mol. The van der Waals surface area contributed by atoms with E-state index in [-0.39, 0.29) is 16.3 Å². The van der Waals surface area contributed by atoms with Crippen molar-refractivity contribution in [3.05, 3.63) is 53.3 Å². The highest BCUT2D eigenvalue weighted by molar-refractivity contribution is 7.93. The van der Waals surface area contributed by atoms with Crippen LogP contribution in [0, 0.1) is 19.7 Å². The summed E-state index contributed by atoms with van der Waals surface area (Å²) in [5, 5.41) is 0. The van der Waals surface area contributed by atoms with Crippen LogP contribution in [0.1, 0.15) is 11.1 Å². The van der Waals surface area contributed by atoms with E-state index in [0.717, 1.165) is 4.31 Å². The van der Waals surface area contributed by atoms with Gasteiger partial charge in [-0.25, -0.2) is 12.8 Å². The first kappa shape index (κ1) is 15.3. The molecule has 0 unspecified atom stereocenters. The van der Waals surface area contributed by atoms with Crippen molar-refractivity contribution in [2.75, 3.05) is 17.1 Å². The summed E-state index contributed by atoms with van der Waals surface area (Å²) in [7, 11) is -2.47. The van der Waals surface area contributed by atoms with Gasteiger partial charge in [-0.05, 0) is 43.2 Å². The Morgan fingerprint density at radius 3 is 2.33 bits per heavy atom. The summed E-state index contributed by atoms with van der Waals surface area (Å²) in [5.41, 5.74) is 7.65. The summed E-state index contributed by atoms with van der Waals surface area (Å²) < 4.78 is 39.9. The lowest BCUT2D eigenvalue weighted by molar-refractivity contribution is 0.593. The summed E-state index contributed by atoms with van der Waals surface area (Å²) >= 11 is 0. The van der Waals surface area contributed by atoms with Crippen molar-refractivity contribution in [3.63, 3.8) is 0 Å². The Bertz CT molecular complexity index is 788. The smallest absolute Gasteiger partial charge is 0.266 e. The van der Waals surface area contributed by atoms with Crippen LogP contribution in [0.15, 0.2) is 41.3 Å². The zero-order valence-corrected chi connectivity index (χ0v) is 12.9. The molecule has 2 aromatic rings. The molecule has 0 heterocycles. The summed E-state index contributed by atoms with van der Waals surface area (Å²) in [6.45, 7) is 3.43. The van der Waals surface area contributed by atoms with Crippen molar-refractivity contribution in [2.45, 2.75) is 18.7 Å². The fraction of sp³-hybridized carbons (Fsp3) is 0.200. The fourth-order valence-electron chi connectivity index (χ4n) is 2.10. The van der Waals surface area contributed by atoms with E-state index in [1.165, 1.54) is 31.3 Å². The number of rotatable bonds is 3. The van der Waals surface area contributed by atoms with Gasteiger partial charge < -0.3 is 5.73 Å². The van der Waals surface area contributed by atoms with Gasteiger partial charge in [-0.2, -0.15) is 0 Å². The van der Waals surface area contributed by atoms with E-state index >= 15 is 0 Å². The van der Waals surface area contributed by atoms with Gasteiger partial charge in [0, 0.05) is 7.05 Å². The molecule has 0 amide bonds. The van der Waals surface area contributed by atoms with Crippen LogP contribution in [-0.2, 0) is 10.0 Å². The van der Waals surface area contributed by atoms with E-state index in [4.69, 9.17) is 5.73 Å². The van der Waals surface area contributed by atoms with Crippen molar-refractivity contribution >= 4 is 21.4 Å². The fourth-order valence-corrected chi connectivity index (χ4v) is 3.68. The standard InChI is InChI=1S/C15H17FN2O2S/c1-10-7-8-11(2)15(14(10)17)21(19,20)18(3)13-6-4-5-12(16)9-13/h4-9H,17H2,1-3H3. The van der Waals surface area contributed by atoms with Crippen molar-refractivity contribution in [3.8, 4) is 0 Å². The third-order valence-electron chi connectivity index (χ3n) is 3.40. The average Bonchev–Trinajstić information content (AvgIpc) is 2.42. The van der Waals surface area contributed by atoms with Gasteiger partial charge in [0.25, 0.3) is 10.0 Å². The predicted molar refractivity (Wildman–Crippen MR) is 82.3 cm³/mol. The molecular formula is C15H17FN2O2S.